The number of para-hydroxylation sites is 1. The van der Waals surface area contributed by atoms with Crippen LogP contribution in [0.25, 0.3) is 10.2 Å². The van der Waals surface area contributed by atoms with Crippen LogP contribution in [0.15, 0.2) is 24.3 Å². The van der Waals surface area contributed by atoms with Crippen molar-refractivity contribution >= 4 is 42.6 Å². The summed E-state index contributed by atoms with van der Waals surface area (Å²) in [6, 6.07) is 7.64. The van der Waals surface area contributed by atoms with Gasteiger partial charge in [0.05, 0.1) is 22.4 Å². The van der Waals surface area contributed by atoms with Crippen molar-refractivity contribution in [2.75, 3.05) is 24.7 Å². The van der Waals surface area contributed by atoms with Crippen LogP contribution in [-0.2, 0) is 14.8 Å². The number of fused-ring (bicyclic) bond motifs is 1. The van der Waals surface area contributed by atoms with Crippen LogP contribution in [-0.4, -0.2) is 43.0 Å². The normalized spacial score (nSPS) is 17.1. The lowest BCUT2D eigenvalue weighted by Gasteiger charge is -2.35. The van der Waals surface area contributed by atoms with Gasteiger partial charge < -0.3 is 5.32 Å². The van der Waals surface area contributed by atoms with Gasteiger partial charge in [-0.1, -0.05) is 23.5 Å². The lowest BCUT2D eigenvalue weighted by atomic mass is 10.0. The fourth-order valence-corrected chi connectivity index (χ4v) is 3.78. The number of hydrogen-bond acceptors (Lipinski definition) is 5. The van der Waals surface area contributed by atoms with Crippen LogP contribution >= 0.6 is 11.3 Å². The summed E-state index contributed by atoms with van der Waals surface area (Å²) in [6.07, 6.45) is 1.15. The lowest BCUT2D eigenvalue weighted by Crippen LogP contribution is -2.53. The minimum Gasteiger partial charge on any atom is -0.302 e. The van der Waals surface area contributed by atoms with Crippen molar-refractivity contribution in [3.05, 3.63) is 24.3 Å². The number of amides is 1. The number of rotatable bonds is 3. The van der Waals surface area contributed by atoms with Crippen LogP contribution in [0, 0.1) is 5.92 Å². The molecule has 0 unspecified atom stereocenters. The van der Waals surface area contributed by atoms with Crippen molar-refractivity contribution in [2.45, 2.75) is 0 Å². The molecule has 0 aliphatic carbocycles. The summed E-state index contributed by atoms with van der Waals surface area (Å²) < 4.78 is 24.8. The molecule has 106 valence electrons. The molecule has 0 radical (unpaired) electrons. The summed E-state index contributed by atoms with van der Waals surface area (Å²) in [5.41, 5.74) is 0.846. The highest BCUT2D eigenvalue weighted by Gasteiger charge is 2.37. The summed E-state index contributed by atoms with van der Waals surface area (Å²) in [6.45, 7) is 0.491. The third kappa shape index (κ3) is 2.54. The van der Waals surface area contributed by atoms with Gasteiger partial charge in [-0.05, 0) is 12.1 Å². The molecule has 1 N–H and O–H groups in total. The maximum atomic E-state index is 12.0. The topological polar surface area (TPSA) is 79.4 Å². The predicted molar refractivity (Wildman–Crippen MR) is 78.2 cm³/mol. The summed E-state index contributed by atoms with van der Waals surface area (Å²) in [5, 5.41) is 3.30. The molecule has 6 nitrogen and oxygen atoms in total. The molecule has 0 atom stereocenters. The van der Waals surface area contributed by atoms with Gasteiger partial charge in [0.25, 0.3) is 0 Å². The Kier molecular flexibility index (Phi) is 3.23. The van der Waals surface area contributed by atoms with Crippen molar-refractivity contribution in [1.82, 2.24) is 9.29 Å². The molecule has 3 rings (SSSR count). The summed E-state index contributed by atoms with van der Waals surface area (Å²) in [7, 11) is -3.19. The summed E-state index contributed by atoms with van der Waals surface area (Å²) in [5.74, 6) is -0.472. The molecule has 1 saturated heterocycles. The zero-order chi connectivity index (χ0) is 14.3. The highest BCUT2D eigenvalue weighted by molar-refractivity contribution is 7.88. The number of benzene rings is 1. The van der Waals surface area contributed by atoms with Gasteiger partial charge in [-0.3, -0.25) is 4.79 Å². The standard InChI is InChI=1S/C12H13N3O3S2/c1-20(17,18)15-6-8(7-15)11(16)14-12-13-9-4-2-3-5-10(9)19-12/h2-5,8H,6-7H2,1H3,(H,13,14,16). The van der Waals surface area contributed by atoms with Crippen molar-refractivity contribution in [2.24, 2.45) is 5.92 Å². The largest absolute Gasteiger partial charge is 0.302 e. The highest BCUT2D eigenvalue weighted by atomic mass is 32.2. The molecule has 0 spiro atoms. The molecule has 8 heteroatoms. The first kappa shape index (κ1) is 13.5. The molecule has 1 fully saturated rings. The van der Waals surface area contributed by atoms with E-state index < -0.39 is 10.0 Å². The molecule has 0 saturated carbocycles. The minimum atomic E-state index is -3.19. The maximum Gasteiger partial charge on any atom is 0.231 e. The molecule has 1 aliphatic rings. The Balaban J connectivity index is 1.65. The zero-order valence-electron chi connectivity index (χ0n) is 10.7. The van der Waals surface area contributed by atoms with Gasteiger partial charge >= 0.3 is 0 Å². The van der Waals surface area contributed by atoms with Crippen LogP contribution in [0.3, 0.4) is 0 Å². The van der Waals surface area contributed by atoms with E-state index in [1.165, 1.54) is 15.6 Å². The van der Waals surface area contributed by atoms with Gasteiger partial charge in [0.1, 0.15) is 0 Å². The number of hydrogen-bond donors (Lipinski definition) is 1. The second-order valence-electron chi connectivity index (χ2n) is 4.75. The van der Waals surface area contributed by atoms with E-state index in [0.717, 1.165) is 16.5 Å². The van der Waals surface area contributed by atoms with Crippen LogP contribution in [0.5, 0.6) is 0 Å². The van der Waals surface area contributed by atoms with E-state index in [0.29, 0.717) is 5.13 Å². The average molecular weight is 311 g/mol. The Hall–Kier alpha value is -1.51. The Morgan fingerprint density at radius 2 is 2.10 bits per heavy atom. The molecule has 2 aromatic rings. The van der Waals surface area contributed by atoms with Crippen molar-refractivity contribution < 1.29 is 13.2 Å². The molecule has 20 heavy (non-hydrogen) atoms. The second-order valence-corrected chi connectivity index (χ2v) is 7.77. The number of carbonyl (C=O) groups excluding carboxylic acids is 1. The van der Waals surface area contributed by atoms with Gasteiger partial charge in [0, 0.05) is 13.1 Å². The van der Waals surface area contributed by atoms with Crippen LogP contribution in [0.4, 0.5) is 5.13 Å². The van der Waals surface area contributed by atoms with Crippen molar-refractivity contribution in [1.29, 1.82) is 0 Å². The number of nitrogens with one attached hydrogen (secondary N) is 1. The molecule has 2 heterocycles. The third-order valence-electron chi connectivity index (χ3n) is 3.21. The number of sulfonamides is 1. The molecule has 1 amide bonds. The Morgan fingerprint density at radius 1 is 1.40 bits per heavy atom. The predicted octanol–water partition coefficient (Wildman–Crippen LogP) is 1.13. The Labute approximate surface area is 120 Å². The van der Waals surface area contributed by atoms with E-state index in [-0.39, 0.29) is 24.9 Å². The van der Waals surface area contributed by atoms with Gasteiger partial charge in [-0.15, -0.1) is 0 Å². The second kappa shape index (κ2) is 4.80. The van der Waals surface area contributed by atoms with Crippen molar-refractivity contribution in [3.63, 3.8) is 0 Å². The van der Waals surface area contributed by atoms with Crippen LogP contribution in [0.2, 0.25) is 0 Å². The monoisotopic (exact) mass is 311 g/mol. The van der Waals surface area contributed by atoms with E-state index in [2.05, 4.69) is 10.3 Å². The number of anilines is 1. The first-order valence-electron chi connectivity index (χ1n) is 6.05. The first-order chi connectivity index (χ1) is 9.43. The van der Waals surface area contributed by atoms with Gasteiger partial charge in [0.2, 0.25) is 15.9 Å². The SMILES string of the molecule is CS(=O)(=O)N1CC(C(=O)Nc2nc3ccccc3s2)C1. The summed E-state index contributed by atoms with van der Waals surface area (Å²) >= 11 is 1.41. The van der Waals surface area contributed by atoms with E-state index in [1.54, 1.807) is 0 Å². The van der Waals surface area contributed by atoms with E-state index in [9.17, 15) is 13.2 Å². The molecular formula is C12H13N3O3S2. The first-order valence-corrected chi connectivity index (χ1v) is 8.71. The fraction of sp³-hybridized carbons (Fsp3) is 0.333. The number of thiazole rings is 1. The maximum absolute atomic E-state index is 12.0. The quantitative estimate of drug-likeness (QED) is 0.921. The number of nitrogens with zero attached hydrogens (tertiary/aromatic N) is 2. The van der Waals surface area contributed by atoms with Gasteiger partial charge in [-0.25, -0.2) is 17.7 Å². The van der Waals surface area contributed by atoms with Gasteiger partial charge in [-0.2, -0.15) is 0 Å². The molecule has 0 bridgehead atoms. The lowest BCUT2D eigenvalue weighted by molar-refractivity contribution is -0.122. The van der Waals surface area contributed by atoms with E-state index in [1.807, 2.05) is 24.3 Å². The minimum absolute atomic E-state index is 0.177. The summed E-state index contributed by atoms with van der Waals surface area (Å²) in [4.78, 5) is 16.3. The van der Waals surface area contributed by atoms with Gasteiger partial charge in [0.15, 0.2) is 5.13 Å². The van der Waals surface area contributed by atoms with E-state index in [4.69, 9.17) is 0 Å². The Bertz CT molecular complexity index is 730. The number of aromatic nitrogens is 1. The molecule has 1 aliphatic heterocycles. The smallest absolute Gasteiger partial charge is 0.231 e. The Morgan fingerprint density at radius 3 is 2.75 bits per heavy atom. The molecule has 1 aromatic carbocycles. The highest BCUT2D eigenvalue weighted by Crippen LogP contribution is 2.27. The van der Waals surface area contributed by atoms with Crippen molar-refractivity contribution in [3.8, 4) is 0 Å². The van der Waals surface area contributed by atoms with Crippen LogP contribution < -0.4 is 5.32 Å². The zero-order valence-corrected chi connectivity index (χ0v) is 12.4. The molecule has 1 aromatic heterocycles. The number of carbonyl (C=O) groups is 1. The van der Waals surface area contributed by atoms with E-state index >= 15 is 0 Å². The third-order valence-corrected chi connectivity index (χ3v) is 5.40. The fourth-order valence-electron chi connectivity index (χ4n) is 2.01. The molecular weight excluding hydrogens is 298 g/mol. The van der Waals surface area contributed by atoms with Crippen LogP contribution in [0.1, 0.15) is 0 Å². The average Bonchev–Trinajstić information content (AvgIpc) is 2.66.